The quantitative estimate of drug-likeness (QED) is 0.303. The molecule has 0 bridgehead atoms. The highest BCUT2D eigenvalue weighted by Crippen LogP contribution is 2.34. The SMILES string of the molecule is CC[C@@H](C)NC(=O)[C@H](C)N(Cc1ccc(OC)cc1)C(=O)CN(c1cc(C)ccc1OC)S(=O)(=O)c1ccc(C)cc1. The van der Waals surface area contributed by atoms with Crippen molar-refractivity contribution in [1.82, 2.24) is 10.2 Å². The van der Waals surface area contributed by atoms with Crippen molar-refractivity contribution >= 4 is 27.5 Å². The predicted octanol–water partition coefficient (Wildman–Crippen LogP) is 4.85. The van der Waals surface area contributed by atoms with Gasteiger partial charge in [0.05, 0.1) is 24.8 Å². The zero-order valence-electron chi connectivity index (χ0n) is 25.4. The molecule has 3 aromatic rings. The van der Waals surface area contributed by atoms with Gasteiger partial charge in [-0.25, -0.2) is 8.42 Å². The van der Waals surface area contributed by atoms with Crippen molar-refractivity contribution < 1.29 is 27.5 Å². The molecule has 0 radical (unpaired) electrons. The van der Waals surface area contributed by atoms with Gasteiger partial charge >= 0.3 is 0 Å². The molecule has 42 heavy (non-hydrogen) atoms. The standard InChI is InChI=1S/C32H41N3O6S/c1-8-24(4)33-32(37)25(5)34(20-26-12-14-27(40-6)15-13-26)31(36)21-35(29-19-23(3)11-18-30(29)41-7)42(38,39)28-16-9-22(2)10-17-28/h9-19,24-25H,8,20-21H2,1-7H3,(H,33,37)/t24-,25+/m1/s1. The third kappa shape index (κ3) is 7.82. The van der Waals surface area contributed by atoms with Gasteiger partial charge in [-0.2, -0.15) is 0 Å². The van der Waals surface area contributed by atoms with E-state index in [4.69, 9.17) is 9.47 Å². The molecule has 0 aliphatic heterocycles. The molecule has 0 heterocycles. The Morgan fingerprint density at radius 2 is 1.50 bits per heavy atom. The lowest BCUT2D eigenvalue weighted by molar-refractivity contribution is -0.139. The van der Waals surface area contributed by atoms with Crippen LogP contribution in [0.3, 0.4) is 0 Å². The Morgan fingerprint density at radius 3 is 2.07 bits per heavy atom. The van der Waals surface area contributed by atoms with Crippen molar-refractivity contribution in [3.8, 4) is 11.5 Å². The van der Waals surface area contributed by atoms with Crippen LogP contribution in [0.4, 0.5) is 5.69 Å². The monoisotopic (exact) mass is 595 g/mol. The number of carbonyl (C=O) groups excluding carboxylic acids is 2. The molecule has 2 atom stereocenters. The second-order valence-corrected chi connectivity index (χ2v) is 12.2. The first-order valence-electron chi connectivity index (χ1n) is 13.9. The number of methoxy groups -OCH3 is 2. The van der Waals surface area contributed by atoms with Crippen molar-refractivity contribution in [2.45, 2.75) is 64.6 Å². The van der Waals surface area contributed by atoms with Crippen molar-refractivity contribution in [2.75, 3.05) is 25.1 Å². The molecular weight excluding hydrogens is 554 g/mol. The van der Waals surface area contributed by atoms with Crippen LogP contribution in [-0.2, 0) is 26.2 Å². The van der Waals surface area contributed by atoms with Gasteiger partial charge in [-0.3, -0.25) is 13.9 Å². The summed E-state index contributed by atoms with van der Waals surface area (Å²) in [7, 11) is -1.20. The van der Waals surface area contributed by atoms with Gasteiger partial charge in [-0.05, 0) is 81.6 Å². The van der Waals surface area contributed by atoms with Gasteiger partial charge in [0.25, 0.3) is 10.0 Å². The molecular formula is C32H41N3O6S. The molecule has 0 aliphatic rings. The van der Waals surface area contributed by atoms with E-state index < -0.39 is 28.5 Å². The number of anilines is 1. The average Bonchev–Trinajstić information content (AvgIpc) is 2.98. The lowest BCUT2D eigenvalue weighted by Crippen LogP contribution is -2.52. The van der Waals surface area contributed by atoms with Crippen LogP contribution in [0.15, 0.2) is 71.6 Å². The Bertz CT molecular complexity index is 1470. The van der Waals surface area contributed by atoms with Gasteiger partial charge < -0.3 is 19.7 Å². The topological polar surface area (TPSA) is 105 Å². The number of carbonyl (C=O) groups is 2. The van der Waals surface area contributed by atoms with Gasteiger partial charge in [-0.1, -0.05) is 42.8 Å². The molecule has 2 amide bonds. The van der Waals surface area contributed by atoms with Crippen LogP contribution in [0.5, 0.6) is 11.5 Å². The maximum absolute atomic E-state index is 14.1. The van der Waals surface area contributed by atoms with E-state index in [9.17, 15) is 18.0 Å². The highest BCUT2D eigenvalue weighted by molar-refractivity contribution is 7.92. The van der Waals surface area contributed by atoms with E-state index in [0.29, 0.717) is 11.5 Å². The van der Waals surface area contributed by atoms with E-state index in [-0.39, 0.29) is 29.1 Å². The van der Waals surface area contributed by atoms with Crippen molar-refractivity contribution in [2.24, 2.45) is 0 Å². The van der Waals surface area contributed by atoms with E-state index in [2.05, 4.69) is 5.32 Å². The zero-order chi connectivity index (χ0) is 31.0. The summed E-state index contributed by atoms with van der Waals surface area (Å²) in [5.41, 5.74) is 2.68. The van der Waals surface area contributed by atoms with Crippen LogP contribution in [-0.4, -0.2) is 58.0 Å². The maximum Gasteiger partial charge on any atom is 0.264 e. The molecule has 226 valence electrons. The summed E-state index contributed by atoms with van der Waals surface area (Å²) in [6.45, 7) is 8.72. The summed E-state index contributed by atoms with van der Waals surface area (Å²) in [4.78, 5) is 28.8. The van der Waals surface area contributed by atoms with Crippen LogP contribution >= 0.6 is 0 Å². The number of amides is 2. The lowest BCUT2D eigenvalue weighted by atomic mass is 10.1. The minimum Gasteiger partial charge on any atom is -0.497 e. The lowest BCUT2D eigenvalue weighted by Gasteiger charge is -2.33. The summed E-state index contributed by atoms with van der Waals surface area (Å²) in [6, 6.07) is 17.8. The van der Waals surface area contributed by atoms with Crippen molar-refractivity contribution in [3.63, 3.8) is 0 Å². The minimum atomic E-state index is -4.21. The van der Waals surface area contributed by atoms with Gasteiger partial charge in [0.2, 0.25) is 11.8 Å². The molecule has 0 fully saturated rings. The summed E-state index contributed by atoms with van der Waals surface area (Å²) in [6.07, 6.45) is 0.723. The first-order chi connectivity index (χ1) is 19.9. The number of hydrogen-bond acceptors (Lipinski definition) is 6. The summed E-state index contributed by atoms with van der Waals surface area (Å²) >= 11 is 0. The number of aryl methyl sites for hydroxylation is 2. The number of nitrogens with zero attached hydrogens (tertiary/aromatic N) is 2. The largest absolute Gasteiger partial charge is 0.497 e. The smallest absolute Gasteiger partial charge is 0.264 e. The molecule has 9 nitrogen and oxygen atoms in total. The molecule has 0 aromatic heterocycles. The van der Waals surface area contributed by atoms with Gasteiger partial charge in [0.1, 0.15) is 24.1 Å². The number of ether oxygens (including phenoxy) is 2. The van der Waals surface area contributed by atoms with E-state index >= 15 is 0 Å². The van der Waals surface area contributed by atoms with Crippen LogP contribution in [0, 0.1) is 13.8 Å². The first kappa shape index (κ1) is 32.5. The Morgan fingerprint density at radius 1 is 0.881 bits per heavy atom. The third-order valence-electron chi connectivity index (χ3n) is 7.17. The zero-order valence-corrected chi connectivity index (χ0v) is 26.2. The maximum atomic E-state index is 14.1. The van der Waals surface area contributed by atoms with Gasteiger partial charge in [0, 0.05) is 12.6 Å². The van der Waals surface area contributed by atoms with Crippen molar-refractivity contribution in [1.29, 1.82) is 0 Å². The fraction of sp³-hybridized carbons (Fsp3) is 0.375. The Labute approximate surface area is 249 Å². The Balaban J connectivity index is 2.09. The number of rotatable bonds is 13. The highest BCUT2D eigenvalue weighted by atomic mass is 32.2. The fourth-order valence-electron chi connectivity index (χ4n) is 4.32. The van der Waals surface area contributed by atoms with Gasteiger partial charge in [-0.15, -0.1) is 0 Å². The number of hydrogen-bond donors (Lipinski definition) is 1. The minimum absolute atomic E-state index is 0.0359. The molecule has 1 N–H and O–H groups in total. The number of nitrogens with one attached hydrogen (secondary N) is 1. The predicted molar refractivity (Wildman–Crippen MR) is 164 cm³/mol. The number of benzene rings is 3. The molecule has 0 saturated heterocycles. The second-order valence-electron chi connectivity index (χ2n) is 10.4. The van der Waals surface area contributed by atoms with Crippen LogP contribution in [0.25, 0.3) is 0 Å². The Kier molecular flexibility index (Phi) is 11.0. The summed E-state index contributed by atoms with van der Waals surface area (Å²) < 4.78 is 40.1. The molecule has 3 aromatic carbocycles. The highest BCUT2D eigenvalue weighted by Gasteiger charge is 2.34. The fourth-order valence-corrected chi connectivity index (χ4v) is 5.74. The van der Waals surface area contributed by atoms with E-state index in [0.717, 1.165) is 27.4 Å². The first-order valence-corrected chi connectivity index (χ1v) is 15.3. The van der Waals surface area contributed by atoms with Crippen LogP contribution in [0.1, 0.15) is 43.9 Å². The summed E-state index contributed by atoms with van der Waals surface area (Å²) in [5, 5.41) is 2.94. The van der Waals surface area contributed by atoms with Crippen molar-refractivity contribution in [3.05, 3.63) is 83.4 Å². The normalized spacial score (nSPS) is 12.6. The molecule has 0 aliphatic carbocycles. The molecule has 0 spiro atoms. The Hall–Kier alpha value is -4.05. The number of sulfonamides is 1. The van der Waals surface area contributed by atoms with Crippen LogP contribution in [0.2, 0.25) is 0 Å². The molecule has 0 saturated carbocycles. The third-order valence-corrected chi connectivity index (χ3v) is 8.95. The summed E-state index contributed by atoms with van der Waals surface area (Å²) in [5.74, 6) is 0.0820. The molecule has 3 rings (SSSR count). The molecule has 0 unspecified atom stereocenters. The van der Waals surface area contributed by atoms with E-state index in [1.165, 1.54) is 24.1 Å². The van der Waals surface area contributed by atoms with E-state index in [1.54, 1.807) is 56.5 Å². The van der Waals surface area contributed by atoms with Crippen LogP contribution < -0.4 is 19.1 Å². The second kappa shape index (κ2) is 14.2. The van der Waals surface area contributed by atoms with Gasteiger partial charge in [0.15, 0.2) is 0 Å². The molecule has 10 heteroatoms. The van der Waals surface area contributed by atoms with E-state index in [1.807, 2.05) is 39.8 Å². The average molecular weight is 596 g/mol.